The minimum Gasteiger partial charge on any atom is -0.497 e. The van der Waals surface area contributed by atoms with Gasteiger partial charge in [0.25, 0.3) is 0 Å². The molecule has 2 aliphatic carbocycles. The van der Waals surface area contributed by atoms with E-state index in [1.54, 1.807) is 32.4 Å². The van der Waals surface area contributed by atoms with E-state index in [1.165, 1.54) is 53.1 Å². The largest absolute Gasteiger partial charge is 0.497 e. The first-order valence-electron chi connectivity index (χ1n) is 24.8. The molecule has 380 valence electrons. The highest BCUT2D eigenvalue weighted by molar-refractivity contribution is 5.96. The fourth-order valence-corrected chi connectivity index (χ4v) is 9.24. The number of nitrogen functional groups attached to an aromatic ring is 2. The monoisotopic (exact) mass is 988 g/mol. The van der Waals surface area contributed by atoms with Crippen LogP contribution in [0, 0.1) is 11.6 Å². The molecule has 73 heavy (non-hydrogen) atoms. The zero-order valence-electron chi connectivity index (χ0n) is 42.4. The molecule has 0 aromatic heterocycles. The topological polar surface area (TPSA) is 146 Å². The number of hydrogen-bond donors (Lipinski definition) is 3. The predicted octanol–water partition coefficient (Wildman–Crippen LogP) is 11.8. The molecule has 2 atom stereocenters. The molecule has 0 aliphatic heterocycles. The summed E-state index contributed by atoms with van der Waals surface area (Å²) in [4.78, 5) is 40.0. The van der Waals surface area contributed by atoms with Crippen molar-refractivity contribution in [1.82, 2.24) is 10.2 Å². The van der Waals surface area contributed by atoms with Gasteiger partial charge in [-0.2, -0.15) is 0 Å². The van der Waals surface area contributed by atoms with Gasteiger partial charge in [-0.25, -0.2) is 13.6 Å². The smallest absolute Gasteiger partial charge is 0.410 e. The molecular formula is C61H66F2N4O6. The van der Waals surface area contributed by atoms with Gasteiger partial charge >= 0.3 is 6.09 Å². The number of nitrogens with two attached hydrogens (primary N) is 2. The van der Waals surface area contributed by atoms with Crippen LogP contribution in [0.2, 0.25) is 0 Å². The van der Waals surface area contributed by atoms with Crippen LogP contribution in [0.25, 0.3) is 12.2 Å². The number of aryl methyl sites for hydroxylation is 2. The van der Waals surface area contributed by atoms with Gasteiger partial charge in [-0.15, -0.1) is 0 Å². The number of nitrogens with zero attached hydrogens (tertiary/aromatic N) is 1. The van der Waals surface area contributed by atoms with E-state index in [2.05, 4.69) is 41.7 Å². The second-order valence-electron chi connectivity index (χ2n) is 19.5. The Hall–Kier alpha value is -7.57. The number of carbonyl (C=O) groups is 3. The first kappa shape index (κ1) is 53.2. The molecule has 5 N–H and O–H groups in total. The van der Waals surface area contributed by atoms with Gasteiger partial charge in [-0.1, -0.05) is 84.9 Å². The Morgan fingerprint density at radius 1 is 0.644 bits per heavy atom. The summed E-state index contributed by atoms with van der Waals surface area (Å²) in [5, 5.41) is 3.68. The number of methoxy groups -OCH3 is 2. The molecule has 10 nitrogen and oxygen atoms in total. The highest BCUT2D eigenvalue weighted by Gasteiger charge is 2.34. The second kappa shape index (κ2) is 24.7. The Morgan fingerprint density at radius 3 is 1.64 bits per heavy atom. The van der Waals surface area contributed by atoms with E-state index in [9.17, 15) is 23.2 Å². The molecule has 0 radical (unpaired) electrons. The van der Waals surface area contributed by atoms with Crippen molar-refractivity contribution in [2.75, 3.05) is 38.8 Å². The van der Waals surface area contributed by atoms with Gasteiger partial charge in [0, 0.05) is 36.8 Å². The van der Waals surface area contributed by atoms with Crippen LogP contribution in [-0.2, 0) is 52.9 Å². The molecule has 0 fully saturated rings. The summed E-state index contributed by atoms with van der Waals surface area (Å²) in [6.07, 6.45) is 12.0. The number of rotatable bonds is 18. The van der Waals surface area contributed by atoms with E-state index < -0.39 is 17.2 Å². The number of ether oxygens (including phenoxy) is 3. The van der Waals surface area contributed by atoms with Crippen LogP contribution in [-0.4, -0.2) is 55.5 Å². The minimum atomic E-state index is -0.601. The second-order valence-corrected chi connectivity index (χ2v) is 19.5. The molecule has 0 saturated heterocycles. The number of allylic oxidation sites excluding steroid dienone is 2. The molecule has 6 aromatic rings. The lowest BCUT2D eigenvalue weighted by atomic mass is 10.0. The number of halogens is 2. The summed E-state index contributed by atoms with van der Waals surface area (Å²) in [6.45, 7) is 7.06. The minimum absolute atomic E-state index is 0.0631. The van der Waals surface area contributed by atoms with Gasteiger partial charge in [-0.05, 0) is 182 Å². The lowest BCUT2D eigenvalue weighted by molar-refractivity contribution is -0.114. The van der Waals surface area contributed by atoms with Crippen LogP contribution in [0.5, 0.6) is 11.5 Å². The molecular weight excluding hydrogens is 923 g/mol. The Kier molecular flexibility index (Phi) is 18.0. The third-order valence-electron chi connectivity index (χ3n) is 13.1. The van der Waals surface area contributed by atoms with Crippen molar-refractivity contribution in [1.29, 1.82) is 0 Å². The Morgan fingerprint density at radius 2 is 1.14 bits per heavy atom. The van der Waals surface area contributed by atoms with Gasteiger partial charge in [0.05, 0.1) is 20.3 Å². The van der Waals surface area contributed by atoms with Crippen molar-refractivity contribution in [3.05, 3.63) is 201 Å². The van der Waals surface area contributed by atoms with Gasteiger partial charge in [0.15, 0.2) is 11.6 Å². The lowest BCUT2D eigenvalue weighted by Crippen LogP contribution is -2.40. The van der Waals surface area contributed by atoms with Crippen LogP contribution in [0.15, 0.2) is 133 Å². The zero-order chi connectivity index (χ0) is 52.1. The first-order chi connectivity index (χ1) is 35.0. The summed E-state index contributed by atoms with van der Waals surface area (Å²) >= 11 is 0. The fraction of sp³-hybridized carbons (Fsp3) is 0.295. The maximum absolute atomic E-state index is 13.3. The van der Waals surface area contributed by atoms with Crippen LogP contribution in [0.1, 0.15) is 101 Å². The number of anilines is 2. The number of benzene rings is 6. The summed E-state index contributed by atoms with van der Waals surface area (Å²) in [6, 6.07) is 37.0. The molecule has 6 aromatic carbocycles. The zero-order valence-corrected chi connectivity index (χ0v) is 42.4. The van der Waals surface area contributed by atoms with Crippen molar-refractivity contribution >= 4 is 41.2 Å². The van der Waals surface area contributed by atoms with E-state index >= 15 is 0 Å². The van der Waals surface area contributed by atoms with Gasteiger partial charge in [-0.3, -0.25) is 9.59 Å². The average molecular weight is 989 g/mol. The number of nitrogens with one attached hydrogen (secondary N) is 1. The average Bonchev–Trinajstić information content (AvgIpc) is 3.98. The van der Waals surface area contributed by atoms with Crippen molar-refractivity contribution in [2.45, 2.75) is 89.8 Å². The molecule has 0 spiro atoms. The quantitative estimate of drug-likeness (QED) is 0.0566. The number of amides is 1. The molecule has 2 aliphatic rings. The van der Waals surface area contributed by atoms with E-state index in [0.717, 1.165) is 78.0 Å². The normalized spacial score (nSPS) is 14.8. The van der Waals surface area contributed by atoms with Crippen LogP contribution < -0.4 is 26.3 Å². The van der Waals surface area contributed by atoms with Gasteiger partial charge in [0.2, 0.25) is 0 Å². The number of fused-ring (bicyclic) bond motifs is 2. The van der Waals surface area contributed by atoms with E-state index in [0.29, 0.717) is 35.8 Å². The number of carbonyl (C=O) groups excluding carboxylic acids is 3. The molecule has 0 heterocycles. The molecule has 0 saturated carbocycles. The van der Waals surface area contributed by atoms with E-state index in [-0.39, 0.29) is 42.2 Å². The van der Waals surface area contributed by atoms with Crippen LogP contribution >= 0.6 is 0 Å². The maximum atomic E-state index is 13.3. The fourth-order valence-electron chi connectivity index (χ4n) is 9.24. The van der Waals surface area contributed by atoms with Crippen molar-refractivity contribution < 1.29 is 37.4 Å². The van der Waals surface area contributed by atoms with Gasteiger partial charge in [0.1, 0.15) is 28.7 Å². The van der Waals surface area contributed by atoms with E-state index in [4.69, 9.17) is 25.7 Å². The molecule has 0 bridgehead atoms. The SMILES string of the molecule is COc1ccc(CCN(C(=O)OC(C)(C)C)C2CCc3cc(/C=C/C(=O)Cc4ccc(F)cc4N)ccc32)cc1.COc1ccc(CCNC2CCc3cc(/C=C/C(=O)Cc4ccc(F)cc4N)ccc32)cc1. The maximum Gasteiger partial charge on any atom is 0.410 e. The third kappa shape index (κ3) is 15.2. The highest BCUT2D eigenvalue weighted by atomic mass is 19.1. The summed E-state index contributed by atoms with van der Waals surface area (Å²) < 4.78 is 42.7. The van der Waals surface area contributed by atoms with Crippen LogP contribution in [0.4, 0.5) is 25.0 Å². The van der Waals surface area contributed by atoms with Crippen molar-refractivity contribution in [2.24, 2.45) is 0 Å². The Labute approximate surface area is 428 Å². The predicted molar refractivity (Wildman–Crippen MR) is 286 cm³/mol. The van der Waals surface area contributed by atoms with Crippen molar-refractivity contribution in [3.8, 4) is 11.5 Å². The lowest BCUT2D eigenvalue weighted by Gasteiger charge is -2.32. The van der Waals surface area contributed by atoms with Gasteiger partial charge < -0.3 is 35.9 Å². The summed E-state index contributed by atoms with van der Waals surface area (Å²) in [7, 11) is 3.32. The highest BCUT2D eigenvalue weighted by Crippen LogP contribution is 2.38. The number of hydrogen-bond acceptors (Lipinski definition) is 9. The van der Waals surface area contributed by atoms with Crippen LogP contribution in [0.3, 0.4) is 0 Å². The summed E-state index contributed by atoms with van der Waals surface area (Å²) in [5.74, 6) is 0.668. The third-order valence-corrected chi connectivity index (χ3v) is 13.1. The molecule has 2 unspecified atom stereocenters. The van der Waals surface area contributed by atoms with Crippen molar-refractivity contribution in [3.63, 3.8) is 0 Å². The number of ketones is 2. The molecule has 8 rings (SSSR count). The summed E-state index contributed by atoms with van der Waals surface area (Å²) in [5.41, 5.74) is 22.1. The Bertz CT molecular complexity index is 2950. The molecule has 12 heteroatoms. The standard InChI is InChI=1S/C33H37FN2O4.C28H29FN2O2/c1-33(2,3)40-32(38)36(18-17-22-6-13-28(39-4)14-7-22)31-16-10-24-19-23(8-15-29(24)31)5-12-27(37)20-25-9-11-26(34)21-30(25)35;1-33-25-10-3-19(4-11-25)14-15-31-28-13-7-21-16-20(5-12-26(21)28)2-9-24(32)17-22-6-8-23(29)18-27(22)30/h5-9,11-15,19,21,31H,10,16-18,20,35H2,1-4H3;2-6,8-12,16,18,28,31H,7,13-15,17,30H2,1H3/b12-5+;9-2+. The first-order valence-corrected chi connectivity index (χ1v) is 24.8. The van der Waals surface area contributed by atoms with E-state index in [1.807, 2.05) is 80.3 Å². The Balaban J connectivity index is 0.000000218. The molecule has 1 amide bonds.